The maximum absolute atomic E-state index is 14.9. The highest BCUT2D eigenvalue weighted by molar-refractivity contribution is 6.20. The molecule has 0 N–H and O–H groups in total. The highest BCUT2D eigenvalue weighted by atomic mass is 19.1. The van der Waals surface area contributed by atoms with Gasteiger partial charge in [0.25, 0.3) is 5.91 Å². The third-order valence-corrected chi connectivity index (χ3v) is 3.18. The lowest BCUT2D eigenvalue weighted by Crippen LogP contribution is -2.43. The molecule has 4 nitrogen and oxygen atoms in total. The molecule has 1 heterocycles. The highest BCUT2D eigenvalue weighted by Crippen LogP contribution is 2.45. The largest absolute Gasteiger partial charge is 0.443 e. The normalized spacial score (nSPS) is 21.9. The molecule has 2 rings (SSSR count). The van der Waals surface area contributed by atoms with Gasteiger partial charge in [0.1, 0.15) is 5.60 Å². The van der Waals surface area contributed by atoms with Crippen molar-refractivity contribution in [2.45, 2.75) is 45.4 Å². The summed E-state index contributed by atoms with van der Waals surface area (Å²) in [5, 5.41) is 0. The molecular formula is C15H18FNO3. The van der Waals surface area contributed by atoms with Crippen molar-refractivity contribution in [1.29, 1.82) is 0 Å². The molecule has 0 bridgehead atoms. The number of fused-ring (bicyclic) bond motifs is 1. The first kappa shape index (κ1) is 14.5. The number of alkyl halides is 1. The van der Waals surface area contributed by atoms with E-state index in [1.165, 1.54) is 6.07 Å². The predicted molar refractivity (Wildman–Crippen MR) is 73.2 cm³/mol. The monoisotopic (exact) mass is 279 g/mol. The van der Waals surface area contributed by atoms with E-state index in [9.17, 15) is 14.0 Å². The van der Waals surface area contributed by atoms with Crippen molar-refractivity contribution < 1.29 is 18.7 Å². The number of carbonyl (C=O) groups is 2. The van der Waals surface area contributed by atoms with Crippen molar-refractivity contribution in [2.24, 2.45) is 0 Å². The van der Waals surface area contributed by atoms with Crippen LogP contribution in [0.15, 0.2) is 24.3 Å². The molecule has 20 heavy (non-hydrogen) atoms. The first-order valence-electron chi connectivity index (χ1n) is 6.56. The second-order valence-corrected chi connectivity index (χ2v) is 5.79. The van der Waals surface area contributed by atoms with Gasteiger partial charge in [-0.2, -0.15) is 0 Å². The molecule has 1 atom stereocenters. The van der Waals surface area contributed by atoms with Crippen LogP contribution < -0.4 is 4.90 Å². The van der Waals surface area contributed by atoms with Crippen molar-refractivity contribution in [3.8, 4) is 0 Å². The second kappa shape index (κ2) is 4.58. The molecule has 0 unspecified atom stereocenters. The van der Waals surface area contributed by atoms with E-state index in [0.717, 1.165) is 4.90 Å². The van der Waals surface area contributed by atoms with Crippen LogP contribution in [0.2, 0.25) is 0 Å². The van der Waals surface area contributed by atoms with Gasteiger partial charge in [0.2, 0.25) is 5.67 Å². The van der Waals surface area contributed by atoms with Crippen molar-refractivity contribution in [1.82, 2.24) is 0 Å². The van der Waals surface area contributed by atoms with Crippen LogP contribution in [0.25, 0.3) is 0 Å². The lowest BCUT2D eigenvalue weighted by Gasteiger charge is -2.24. The maximum Gasteiger partial charge on any atom is 0.421 e. The van der Waals surface area contributed by atoms with Crippen LogP contribution in [0.3, 0.4) is 0 Å². The Morgan fingerprint density at radius 3 is 2.50 bits per heavy atom. The van der Waals surface area contributed by atoms with Crippen LogP contribution >= 0.6 is 0 Å². The number of rotatable bonds is 1. The third-order valence-electron chi connectivity index (χ3n) is 3.18. The fraction of sp³-hybridized carbons (Fsp3) is 0.467. The number of hydrogen-bond acceptors (Lipinski definition) is 3. The van der Waals surface area contributed by atoms with Crippen molar-refractivity contribution in [2.75, 3.05) is 4.90 Å². The minimum Gasteiger partial charge on any atom is -0.443 e. The fourth-order valence-electron chi connectivity index (χ4n) is 2.24. The molecule has 1 aromatic carbocycles. The van der Waals surface area contributed by atoms with E-state index >= 15 is 0 Å². The Balaban J connectivity index is 2.46. The van der Waals surface area contributed by atoms with E-state index < -0.39 is 23.3 Å². The Morgan fingerprint density at radius 2 is 1.95 bits per heavy atom. The topological polar surface area (TPSA) is 46.6 Å². The number of ether oxygens (including phenoxy) is 1. The Morgan fingerprint density at radius 1 is 1.35 bits per heavy atom. The zero-order valence-electron chi connectivity index (χ0n) is 12.1. The number of nitrogens with zero attached hydrogens (tertiary/aromatic N) is 1. The fourth-order valence-corrected chi connectivity index (χ4v) is 2.24. The Bertz CT molecular complexity index is 564. The summed E-state index contributed by atoms with van der Waals surface area (Å²) in [6.45, 7) is 6.66. The summed E-state index contributed by atoms with van der Waals surface area (Å²) in [5.74, 6) is -0.879. The van der Waals surface area contributed by atoms with Crippen LogP contribution in [0.1, 0.15) is 39.7 Å². The predicted octanol–water partition coefficient (Wildman–Crippen LogP) is 3.54. The quantitative estimate of drug-likeness (QED) is 0.790. The maximum atomic E-state index is 14.9. The summed E-state index contributed by atoms with van der Waals surface area (Å²) in [4.78, 5) is 25.2. The van der Waals surface area contributed by atoms with Gasteiger partial charge in [-0.25, -0.2) is 14.1 Å². The summed E-state index contributed by atoms with van der Waals surface area (Å²) in [6, 6.07) is 6.38. The molecule has 0 aliphatic carbocycles. The zero-order valence-corrected chi connectivity index (χ0v) is 12.1. The molecule has 108 valence electrons. The van der Waals surface area contributed by atoms with Crippen LogP contribution in [0.5, 0.6) is 0 Å². The first-order valence-corrected chi connectivity index (χ1v) is 6.56. The van der Waals surface area contributed by atoms with Crippen LogP contribution in [-0.2, 0) is 15.2 Å². The van der Waals surface area contributed by atoms with Crippen LogP contribution in [0, 0.1) is 0 Å². The molecule has 0 aromatic heterocycles. The first-order chi connectivity index (χ1) is 9.20. The van der Waals surface area contributed by atoms with Crippen molar-refractivity contribution in [3.63, 3.8) is 0 Å². The molecule has 0 radical (unpaired) electrons. The van der Waals surface area contributed by atoms with Gasteiger partial charge in [0, 0.05) is 5.56 Å². The molecule has 1 aliphatic rings. The number of carbonyl (C=O) groups excluding carboxylic acids is 2. The van der Waals surface area contributed by atoms with Gasteiger partial charge in [0.05, 0.1) is 5.69 Å². The Hall–Kier alpha value is -1.91. The van der Waals surface area contributed by atoms with E-state index in [2.05, 4.69) is 0 Å². The average Bonchev–Trinajstić information content (AvgIpc) is 2.58. The van der Waals surface area contributed by atoms with Crippen LogP contribution in [0.4, 0.5) is 14.9 Å². The lowest BCUT2D eigenvalue weighted by molar-refractivity contribution is -0.129. The standard InChI is InChI=1S/C15H18FNO3/c1-5-15(16)10-8-6-7-9-11(10)17(12(15)18)13(19)20-14(2,3)4/h6-9H,5H2,1-4H3/t15-/m0/s1. The summed E-state index contributed by atoms with van der Waals surface area (Å²) in [5.41, 5.74) is -2.43. The summed E-state index contributed by atoms with van der Waals surface area (Å²) < 4.78 is 20.1. The molecule has 1 aromatic rings. The van der Waals surface area contributed by atoms with E-state index in [0.29, 0.717) is 0 Å². The van der Waals surface area contributed by atoms with Crippen molar-refractivity contribution >= 4 is 17.7 Å². The van der Waals surface area contributed by atoms with Gasteiger partial charge in [-0.1, -0.05) is 25.1 Å². The number of benzene rings is 1. The molecule has 0 fully saturated rings. The lowest BCUT2D eigenvalue weighted by atomic mass is 9.95. The van der Waals surface area contributed by atoms with E-state index in [4.69, 9.17) is 4.74 Å². The third kappa shape index (κ3) is 2.17. The Kier molecular flexibility index (Phi) is 3.32. The zero-order chi connectivity index (χ0) is 15.1. The van der Waals surface area contributed by atoms with E-state index in [1.54, 1.807) is 45.9 Å². The smallest absolute Gasteiger partial charge is 0.421 e. The molecule has 0 spiro atoms. The number of anilines is 1. The number of amides is 2. The van der Waals surface area contributed by atoms with Crippen molar-refractivity contribution in [3.05, 3.63) is 29.8 Å². The number of imide groups is 1. The molecule has 1 aliphatic heterocycles. The molecule has 0 saturated heterocycles. The van der Waals surface area contributed by atoms with Gasteiger partial charge in [-0.05, 0) is 33.3 Å². The minimum atomic E-state index is -2.16. The molecule has 0 saturated carbocycles. The minimum absolute atomic E-state index is 0.0257. The molecular weight excluding hydrogens is 261 g/mol. The van der Waals surface area contributed by atoms with Gasteiger partial charge >= 0.3 is 6.09 Å². The molecule has 2 amide bonds. The molecule has 5 heteroatoms. The van der Waals surface area contributed by atoms with Crippen LogP contribution in [-0.4, -0.2) is 17.6 Å². The average molecular weight is 279 g/mol. The summed E-state index contributed by atoms with van der Waals surface area (Å²) in [7, 11) is 0. The van der Waals surface area contributed by atoms with E-state index in [-0.39, 0.29) is 17.7 Å². The summed E-state index contributed by atoms with van der Waals surface area (Å²) >= 11 is 0. The highest BCUT2D eigenvalue weighted by Gasteiger charge is 2.53. The second-order valence-electron chi connectivity index (χ2n) is 5.79. The summed E-state index contributed by atoms with van der Waals surface area (Å²) in [6.07, 6.45) is -0.870. The SMILES string of the molecule is CC[C@@]1(F)C(=O)N(C(=O)OC(C)(C)C)c2ccccc21. The number of halogens is 1. The Labute approximate surface area is 117 Å². The van der Waals surface area contributed by atoms with Gasteiger partial charge < -0.3 is 4.74 Å². The number of hydrogen-bond donors (Lipinski definition) is 0. The van der Waals surface area contributed by atoms with Gasteiger partial charge in [0.15, 0.2) is 0 Å². The number of para-hydroxylation sites is 1. The van der Waals surface area contributed by atoms with Gasteiger partial charge in [-0.15, -0.1) is 0 Å². The van der Waals surface area contributed by atoms with E-state index in [1.807, 2.05) is 0 Å². The van der Waals surface area contributed by atoms with Gasteiger partial charge in [-0.3, -0.25) is 4.79 Å².